The van der Waals surface area contributed by atoms with E-state index in [9.17, 15) is 8.42 Å². The molecule has 6 heteroatoms. The summed E-state index contributed by atoms with van der Waals surface area (Å²) >= 11 is 0. The van der Waals surface area contributed by atoms with Crippen LogP contribution in [0.3, 0.4) is 0 Å². The molecule has 0 aliphatic carbocycles. The van der Waals surface area contributed by atoms with Crippen LogP contribution in [0.15, 0.2) is 29.2 Å². The van der Waals surface area contributed by atoms with Crippen molar-refractivity contribution in [2.75, 3.05) is 39.0 Å². The normalized spacial score (nSPS) is 23.4. The summed E-state index contributed by atoms with van der Waals surface area (Å²) in [5.41, 5.74) is 6.03. The van der Waals surface area contributed by atoms with Gasteiger partial charge >= 0.3 is 0 Å². The molecule has 1 aliphatic rings. The zero-order valence-corrected chi connectivity index (χ0v) is 13.5. The van der Waals surface area contributed by atoms with Crippen molar-refractivity contribution in [2.24, 2.45) is 11.1 Å². The summed E-state index contributed by atoms with van der Waals surface area (Å²) in [6.45, 7) is 6.47. The molecule has 0 radical (unpaired) electrons. The standard InChI is InChI=1S/C15H24N2O3S/c1-15(11-16)7-8-17(12-15)9-10-20-13-3-5-14(6-4-13)21(2,18)19/h3-6H,7-12,16H2,1-2H3. The molecular weight excluding hydrogens is 288 g/mol. The number of hydrogen-bond donors (Lipinski definition) is 1. The molecule has 0 bridgehead atoms. The topological polar surface area (TPSA) is 72.6 Å². The first-order chi connectivity index (χ1) is 9.82. The van der Waals surface area contributed by atoms with E-state index in [0.717, 1.165) is 32.6 Å². The zero-order chi connectivity index (χ0) is 15.5. The number of likely N-dealkylation sites (tertiary alicyclic amines) is 1. The number of nitrogens with two attached hydrogens (primary N) is 1. The van der Waals surface area contributed by atoms with E-state index in [4.69, 9.17) is 10.5 Å². The van der Waals surface area contributed by atoms with Gasteiger partial charge in [0.25, 0.3) is 0 Å². The molecule has 1 aromatic rings. The second-order valence-electron chi connectivity index (χ2n) is 6.13. The van der Waals surface area contributed by atoms with Crippen molar-refractivity contribution in [3.63, 3.8) is 0 Å². The molecule has 1 fully saturated rings. The van der Waals surface area contributed by atoms with E-state index in [2.05, 4.69) is 11.8 Å². The van der Waals surface area contributed by atoms with E-state index >= 15 is 0 Å². The highest BCUT2D eigenvalue weighted by Crippen LogP contribution is 2.28. The van der Waals surface area contributed by atoms with Crippen LogP contribution in [0.4, 0.5) is 0 Å². The largest absolute Gasteiger partial charge is 0.492 e. The number of sulfone groups is 1. The van der Waals surface area contributed by atoms with Gasteiger partial charge in [-0.15, -0.1) is 0 Å². The van der Waals surface area contributed by atoms with Crippen LogP contribution in [0, 0.1) is 5.41 Å². The molecule has 1 aromatic carbocycles. The fourth-order valence-electron chi connectivity index (χ4n) is 2.56. The molecule has 5 nitrogen and oxygen atoms in total. The minimum atomic E-state index is -3.14. The monoisotopic (exact) mass is 312 g/mol. The average molecular weight is 312 g/mol. The van der Waals surface area contributed by atoms with Gasteiger partial charge in [-0.3, -0.25) is 4.90 Å². The Labute approximate surface area is 127 Å². The van der Waals surface area contributed by atoms with Crippen LogP contribution in [0.2, 0.25) is 0 Å². The molecule has 0 spiro atoms. The number of benzene rings is 1. The van der Waals surface area contributed by atoms with Gasteiger partial charge in [-0.05, 0) is 49.2 Å². The molecule has 118 valence electrons. The van der Waals surface area contributed by atoms with Gasteiger partial charge in [-0.2, -0.15) is 0 Å². The van der Waals surface area contributed by atoms with Crippen LogP contribution < -0.4 is 10.5 Å². The van der Waals surface area contributed by atoms with Crippen LogP contribution >= 0.6 is 0 Å². The lowest BCUT2D eigenvalue weighted by Crippen LogP contribution is -2.33. The van der Waals surface area contributed by atoms with Gasteiger partial charge in [-0.25, -0.2) is 8.42 Å². The smallest absolute Gasteiger partial charge is 0.175 e. The van der Waals surface area contributed by atoms with E-state index in [1.165, 1.54) is 6.26 Å². The Morgan fingerprint density at radius 2 is 2.00 bits per heavy atom. The van der Waals surface area contributed by atoms with Gasteiger partial charge < -0.3 is 10.5 Å². The SMILES string of the molecule is CC1(CN)CCN(CCOc2ccc(S(C)(=O)=O)cc2)C1. The number of rotatable bonds is 6. The number of ether oxygens (including phenoxy) is 1. The quantitative estimate of drug-likeness (QED) is 0.853. The lowest BCUT2D eigenvalue weighted by Gasteiger charge is -2.22. The van der Waals surface area contributed by atoms with Crippen molar-refractivity contribution in [2.45, 2.75) is 18.2 Å². The first kappa shape index (κ1) is 16.3. The van der Waals surface area contributed by atoms with Crippen molar-refractivity contribution in [3.05, 3.63) is 24.3 Å². The molecule has 0 amide bonds. The van der Waals surface area contributed by atoms with Crippen LogP contribution in [0.25, 0.3) is 0 Å². The Morgan fingerprint density at radius 1 is 1.33 bits per heavy atom. The van der Waals surface area contributed by atoms with Gasteiger partial charge in [0.15, 0.2) is 9.84 Å². The van der Waals surface area contributed by atoms with Crippen LogP contribution in [-0.2, 0) is 9.84 Å². The molecule has 21 heavy (non-hydrogen) atoms. The lowest BCUT2D eigenvalue weighted by molar-refractivity contribution is 0.219. The fraction of sp³-hybridized carbons (Fsp3) is 0.600. The summed E-state index contributed by atoms with van der Waals surface area (Å²) in [5.74, 6) is 0.697. The average Bonchev–Trinajstić information content (AvgIpc) is 2.81. The molecule has 1 heterocycles. The third-order valence-electron chi connectivity index (χ3n) is 4.06. The van der Waals surface area contributed by atoms with Gasteiger partial charge in [0.05, 0.1) is 4.90 Å². The second-order valence-corrected chi connectivity index (χ2v) is 8.15. The molecule has 1 aliphatic heterocycles. The summed E-state index contributed by atoms with van der Waals surface area (Å²) in [6, 6.07) is 6.55. The van der Waals surface area contributed by atoms with Gasteiger partial charge in [0.1, 0.15) is 12.4 Å². The number of nitrogens with zero attached hydrogens (tertiary/aromatic N) is 1. The summed E-state index contributed by atoms with van der Waals surface area (Å²) in [5, 5.41) is 0. The predicted octanol–water partition coefficient (Wildman–Crippen LogP) is 1.14. The summed E-state index contributed by atoms with van der Waals surface area (Å²) in [7, 11) is -3.14. The van der Waals surface area contributed by atoms with Crippen molar-refractivity contribution in [1.82, 2.24) is 4.90 Å². The third-order valence-corrected chi connectivity index (χ3v) is 5.19. The van der Waals surface area contributed by atoms with E-state index in [1.54, 1.807) is 24.3 Å². The molecule has 1 unspecified atom stereocenters. The highest BCUT2D eigenvalue weighted by molar-refractivity contribution is 7.90. The van der Waals surface area contributed by atoms with Gasteiger partial charge in [0, 0.05) is 19.3 Å². The van der Waals surface area contributed by atoms with Crippen LogP contribution in [0.5, 0.6) is 5.75 Å². The van der Waals surface area contributed by atoms with Crippen LogP contribution in [-0.4, -0.2) is 52.4 Å². The predicted molar refractivity (Wildman–Crippen MR) is 83.3 cm³/mol. The first-order valence-electron chi connectivity index (χ1n) is 7.18. The fourth-order valence-corrected chi connectivity index (χ4v) is 3.19. The molecule has 0 aromatic heterocycles. The Morgan fingerprint density at radius 3 is 2.52 bits per heavy atom. The Hall–Kier alpha value is -1.11. The molecular formula is C15H24N2O3S. The summed E-state index contributed by atoms with van der Waals surface area (Å²) < 4.78 is 28.4. The molecule has 2 N–H and O–H groups in total. The van der Waals surface area contributed by atoms with Gasteiger partial charge in [-0.1, -0.05) is 6.92 Å². The maximum atomic E-state index is 11.4. The van der Waals surface area contributed by atoms with Gasteiger partial charge in [0.2, 0.25) is 0 Å². The Kier molecular flexibility index (Phi) is 4.91. The second kappa shape index (κ2) is 6.34. The van der Waals surface area contributed by atoms with E-state index in [1.807, 2.05) is 0 Å². The minimum Gasteiger partial charge on any atom is -0.492 e. The van der Waals surface area contributed by atoms with E-state index < -0.39 is 9.84 Å². The zero-order valence-electron chi connectivity index (χ0n) is 12.7. The molecule has 1 saturated heterocycles. The van der Waals surface area contributed by atoms with Crippen molar-refractivity contribution < 1.29 is 13.2 Å². The first-order valence-corrected chi connectivity index (χ1v) is 9.07. The summed E-state index contributed by atoms with van der Waals surface area (Å²) in [6.07, 6.45) is 2.33. The third kappa shape index (κ3) is 4.43. The number of hydrogen-bond acceptors (Lipinski definition) is 5. The Balaban J connectivity index is 1.79. The maximum absolute atomic E-state index is 11.4. The highest BCUT2D eigenvalue weighted by atomic mass is 32.2. The Bertz CT molecular complexity index is 571. The van der Waals surface area contributed by atoms with Crippen molar-refractivity contribution >= 4 is 9.84 Å². The maximum Gasteiger partial charge on any atom is 0.175 e. The minimum absolute atomic E-state index is 0.233. The molecule has 1 atom stereocenters. The van der Waals surface area contributed by atoms with Crippen molar-refractivity contribution in [1.29, 1.82) is 0 Å². The molecule has 0 saturated carbocycles. The van der Waals surface area contributed by atoms with E-state index in [0.29, 0.717) is 17.3 Å². The lowest BCUT2D eigenvalue weighted by atomic mass is 9.90. The highest BCUT2D eigenvalue weighted by Gasteiger charge is 2.31. The van der Waals surface area contributed by atoms with E-state index in [-0.39, 0.29) is 5.41 Å². The van der Waals surface area contributed by atoms with Crippen LogP contribution in [0.1, 0.15) is 13.3 Å². The summed E-state index contributed by atoms with van der Waals surface area (Å²) in [4.78, 5) is 2.67. The molecule has 2 rings (SSSR count). The van der Waals surface area contributed by atoms with Crippen molar-refractivity contribution in [3.8, 4) is 5.75 Å².